The molecule has 4 nitrogen and oxygen atoms in total. The summed E-state index contributed by atoms with van der Waals surface area (Å²) < 4.78 is 4.89. The fraction of sp³-hybridized carbons (Fsp3) is 0.875. The second kappa shape index (κ2) is 17.9. The van der Waals surface area contributed by atoms with Crippen LogP contribution in [0, 0.1) is 11.8 Å². The molecule has 0 radical (unpaired) electrons. The van der Waals surface area contributed by atoms with Crippen LogP contribution in [0.5, 0.6) is 0 Å². The summed E-state index contributed by atoms with van der Waals surface area (Å²) in [7, 11) is 0. The summed E-state index contributed by atoms with van der Waals surface area (Å²) >= 11 is 0. The number of carboxylic acid groups (broad SMARTS) is 1. The van der Waals surface area contributed by atoms with Crippen molar-refractivity contribution in [2.45, 2.75) is 74.1 Å². The number of hydrogen-bond acceptors (Lipinski definition) is 3. The van der Waals surface area contributed by atoms with Crippen LogP contribution in [-0.2, 0) is 14.3 Å². The summed E-state index contributed by atoms with van der Waals surface area (Å²) in [5, 5.41) is 8.98. The second-order valence-corrected chi connectivity index (χ2v) is 4.21. The Balaban J connectivity index is -0.000000505. The minimum Gasteiger partial charge on any atom is -0.481 e. The van der Waals surface area contributed by atoms with Crippen LogP contribution in [0.15, 0.2) is 0 Å². The number of esters is 1. The number of carbonyl (C=O) groups excluding carboxylic acids is 1. The molecular weight excluding hydrogens is 256 g/mol. The Morgan fingerprint density at radius 1 is 1.00 bits per heavy atom. The van der Waals surface area contributed by atoms with E-state index in [-0.39, 0.29) is 5.97 Å². The Morgan fingerprint density at radius 3 is 1.70 bits per heavy atom. The minimum atomic E-state index is -0.913. The molecule has 0 saturated heterocycles. The largest absolute Gasteiger partial charge is 0.481 e. The van der Waals surface area contributed by atoms with Gasteiger partial charge in [-0.05, 0) is 19.8 Å². The minimum absolute atomic E-state index is 0.301. The highest BCUT2D eigenvalue weighted by Crippen LogP contribution is 2.22. The Hall–Kier alpha value is -1.06. The van der Waals surface area contributed by atoms with Gasteiger partial charge >= 0.3 is 11.9 Å². The average molecular weight is 290 g/mol. The molecule has 0 spiro atoms. The number of aliphatic carboxylic acids is 1. The molecule has 0 rings (SSSR count). The molecule has 2 atom stereocenters. The predicted octanol–water partition coefficient (Wildman–Crippen LogP) is 4.52. The molecule has 0 aromatic heterocycles. The van der Waals surface area contributed by atoms with E-state index in [0.717, 1.165) is 6.42 Å². The van der Waals surface area contributed by atoms with Crippen LogP contribution in [0.3, 0.4) is 0 Å². The molecule has 4 heteroatoms. The van der Waals surface area contributed by atoms with Gasteiger partial charge in [0.05, 0.1) is 18.4 Å². The summed E-state index contributed by atoms with van der Waals surface area (Å²) in [6.07, 6.45) is 3.07. The van der Waals surface area contributed by atoms with Crippen molar-refractivity contribution in [3.63, 3.8) is 0 Å². The summed E-state index contributed by atoms with van der Waals surface area (Å²) in [6.45, 7) is 14.0. The molecular formula is C16H34O4. The van der Waals surface area contributed by atoms with Gasteiger partial charge in [0.15, 0.2) is 0 Å². The average Bonchev–Trinajstić information content (AvgIpc) is 2.41. The molecule has 20 heavy (non-hydrogen) atoms. The van der Waals surface area contributed by atoms with E-state index in [1.165, 1.54) is 6.42 Å². The lowest BCUT2D eigenvalue weighted by atomic mass is 9.86. The molecule has 1 N–H and O–H groups in total. The van der Waals surface area contributed by atoms with Crippen molar-refractivity contribution < 1.29 is 19.4 Å². The van der Waals surface area contributed by atoms with Gasteiger partial charge in [-0.15, -0.1) is 0 Å². The standard InChI is InChI=1S/C11H20O4.C3H8.C2H6/c1-4-7-9(11(14)15-6-3)8(5-2)10(12)13;1-3-2;1-2/h8-9H,4-7H2,1-3H3,(H,12,13);3H2,1-2H3;1-2H3. The van der Waals surface area contributed by atoms with Crippen molar-refractivity contribution in [3.05, 3.63) is 0 Å². The molecule has 0 saturated carbocycles. The molecule has 0 aliphatic rings. The van der Waals surface area contributed by atoms with E-state index in [2.05, 4.69) is 13.8 Å². The third-order valence-corrected chi connectivity index (χ3v) is 2.43. The van der Waals surface area contributed by atoms with Gasteiger partial charge in [-0.1, -0.05) is 54.4 Å². The highest BCUT2D eigenvalue weighted by atomic mass is 16.5. The summed E-state index contributed by atoms with van der Waals surface area (Å²) in [6, 6.07) is 0. The highest BCUT2D eigenvalue weighted by Gasteiger charge is 2.32. The molecule has 2 unspecified atom stereocenters. The SMILES string of the molecule is CC.CCC.CCCC(C(=O)OCC)C(CC)C(=O)O. The second-order valence-electron chi connectivity index (χ2n) is 4.21. The number of carbonyl (C=O) groups is 2. The highest BCUT2D eigenvalue weighted by molar-refractivity contribution is 5.81. The van der Waals surface area contributed by atoms with Crippen LogP contribution in [0.4, 0.5) is 0 Å². The van der Waals surface area contributed by atoms with E-state index in [0.29, 0.717) is 19.4 Å². The zero-order valence-electron chi connectivity index (χ0n) is 14.4. The Labute approximate surface area is 124 Å². The zero-order valence-corrected chi connectivity index (χ0v) is 14.4. The van der Waals surface area contributed by atoms with Gasteiger partial charge in [0.1, 0.15) is 0 Å². The summed E-state index contributed by atoms with van der Waals surface area (Å²) in [5.74, 6) is -2.42. The Morgan fingerprint density at radius 2 is 1.45 bits per heavy atom. The molecule has 0 bridgehead atoms. The predicted molar refractivity (Wildman–Crippen MR) is 83.8 cm³/mol. The van der Waals surface area contributed by atoms with Gasteiger partial charge in [-0.25, -0.2) is 0 Å². The summed E-state index contributed by atoms with van der Waals surface area (Å²) in [5.41, 5.74) is 0. The third kappa shape index (κ3) is 12.0. The van der Waals surface area contributed by atoms with Crippen molar-refractivity contribution in [3.8, 4) is 0 Å². The van der Waals surface area contributed by atoms with Gasteiger partial charge < -0.3 is 9.84 Å². The quantitative estimate of drug-likeness (QED) is 0.700. The maximum absolute atomic E-state index is 11.6. The third-order valence-electron chi connectivity index (χ3n) is 2.43. The smallest absolute Gasteiger partial charge is 0.309 e. The Bertz CT molecular complexity index is 227. The van der Waals surface area contributed by atoms with E-state index in [4.69, 9.17) is 9.84 Å². The van der Waals surface area contributed by atoms with Crippen LogP contribution >= 0.6 is 0 Å². The van der Waals surface area contributed by atoms with E-state index in [9.17, 15) is 9.59 Å². The molecule has 0 fully saturated rings. The lowest BCUT2D eigenvalue weighted by molar-refractivity contribution is -0.158. The Kier molecular flexibility index (Phi) is 21.5. The molecule has 0 aromatic carbocycles. The molecule has 0 aromatic rings. The normalized spacial score (nSPS) is 11.9. The molecule has 0 amide bonds. The van der Waals surface area contributed by atoms with Gasteiger partial charge in [0.2, 0.25) is 0 Å². The fourth-order valence-corrected chi connectivity index (χ4v) is 1.67. The van der Waals surface area contributed by atoms with Crippen LogP contribution in [0.25, 0.3) is 0 Å². The van der Waals surface area contributed by atoms with Crippen LogP contribution in [0.1, 0.15) is 74.1 Å². The maximum atomic E-state index is 11.6. The molecule has 122 valence electrons. The lowest BCUT2D eigenvalue weighted by Gasteiger charge is -2.20. The number of hydrogen-bond donors (Lipinski definition) is 1. The van der Waals surface area contributed by atoms with E-state index in [1.54, 1.807) is 13.8 Å². The van der Waals surface area contributed by atoms with Gasteiger partial charge in [-0.2, -0.15) is 0 Å². The molecule has 0 aliphatic heterocycles. The van der Waals surface area contributed by atoms with E-state index >= 15 is 0 Å². The molecule has 0 aliphatic carbocycles. The summed E-state index contributed by atoms with van der Waals surface area (Å²) in [4.78, 5) is 22.5. The van der Waals surface area contributed by atoms with E-state index < -0.39 is 17.8 Å². The maximum Gasteiger partial charge on any atom is 0.309 e. The first-order valence-corrected chi connectivity index (χ1v) is 7.89. The van der Waals surface area contributed by atoms with Crippen molar-refractivity contribution in [1.82, 2.24) is 0 Å². The first kappa shape index (κ1) is 24.0. The van der Waals surface area contributed by atoms with Gasteiger partial charge in [0.25, 0.3) is 0 Å². The number of ether oxygens (including phenoxy) is 1. The first-order chi connectivity index (χ1) is 9.49. The molecule has 0 heterocycles. The van der Waals surface area contributed by atoms with Crippen LogP contribution in [0.2, 0.25) is 0 Å². The van der Waals surface area contributed by atoms with E-state index in [1.807, 2.05) is 20.8 Å². The monoisotopic (exact) mass is 290 g/mol. The van der Waals surface area contributed by atoms with Crippen LogP contribution < -0.4 is 0 Å². The number of carboxylic acids is 1. The van der Waals surface area contributed by atoms with Gasteiger partial charge in [-0.3, -0.25) is 9.59 Å². The van der Waals surface area contributed by atoms with Crippen molar-refractivity contribution >= 4 is 11.9 Å². The van der Waals surface area contributed by atoms with Crippen molar-refractivity contribution in [1.29, 1.82) is 0 Å². The van der Waals surface area contributed by atoms with Crippen LogP contribution in [-0.4, -0.2) is 23.7 Å². The fourth-order valence-electron chi connectivity index (χ4n) is 1.67. The number of rotatable bonds is 7. The topological polar surface area (TPSA) is 63.6 Å². The van der Waals surface area contributed by atoms with Crippen molar-refractivity contribution in [2.24, 2.45) is 11.8 Å². The van der Waals surface area contributed by atoms with Crippen molar-refractivity contribution in [2.75, 3.05) is 6.61 Å². The van der Waals surface area contributed by atoms with Gasteiger partial charge in [0, 0.05) is 0 Å². The first-order valence-electron chi connectivity index (χ1n) is 7.89. The lowest BCUT2D eigenvalue weighted by Crippen LogP contribution is -2.30. The zero-order chi connectivity index (χ0) is 16.6.